The molecule has 118 valence electrons. The van der Waals surface area contributed by atoms with Crippen LogP contribution in [-0.2, 0) is 11.0 Å². The van der Waals surface area contributed by atoms with Crippen LogP contribution in [0.2, 0.25) is 0 Å². The lowest BCUT2D eigenvalue weighted by molar-refractivity contribution is -0.144. The number of carbonyl (C=O) groups is 1. The van der Waals surface area contributed by atoms with Gasteiger partial charge in [-0.2, -0.15) is 13.2 Å². The van der Waals surface area contributed by atoms with Crippen LogP contribution in [0.15, 0.2) is 6.07 Å². The number of nitrogens with one attached hydrogen (secondary N) is 2. The monoisotopic (exact) mass is 306 g/mol. The van der Waals surface area contributed by atoms with E-state index in [4.69, 9.17) is 5.84 Å². The molecule has 0 aromatic carbocycles. The van der Waals surface area contributed by atoms with E-state index in [1.807, 2.05) is 6.92 Å². The maximum atomic E-state index is 12.8. The van der Waals surface area contributed by atoms with Gasteiger partial charge in [-0.15, -0.1) is 0 Å². The fourth-order valence-corrected chi connectivity index (χ4v) is 1.59. The first-order chi connectivity index (χ1) is 9.81. The van der Waals surface area contributed by atoms with E-state index < -0.39 is 12.0 Å². The van der Waals surface area contributed by atoms with Gasteiger partial charge in [0, 0.05) is 19.7 Å². The molecule has 0 fully saturated rings. The van der Waals surface area contributed by atoms with Crippen LogP contribution < -0.4 is 21.5 Å². The average Bonchev–Trinajstić information content (AvgIpc) is 2.45. The zero-order valence-corrected chi connectivity index (χ0v) is 11.7. The number of aromatic nitrogens is 2. The minimum absolute atomic E-state index is 0.0178. The Balaban J connectivity index is 3.20. The van der Waals surface area contributed by atoms with Crippen LogP contribution in [0.25, 0.3) is 0 Å². The minimum atomic E-state index is -4.70. The van der Waals surface area contributed by atoms with E-state index in [1.165, 1.54) is 18.0 Å². The number of likely N-dealkylation sites (N-methyl/N-ethyl adjacent to an activating group) is 1. The maximum Gasteiger partial charge on any atom is 0.451 e. The van der Waals surface area contributed by atoms with Gasteiger partial charge in [-0.05, 0) is 6.42 Å². The number of nitrogen functional groups attached to an aromatic ring is 1. The molecule has 0 saturated carbocycles. The molecule has 0 aliphatic carbocycles. The van der Waals surface area contributed by atoms with Gasteiger partial charge in [0.15, 0.2) is 0 Å². The molecule has 1 heterocycles. The number of nitrogens with zero attached hydrogens (tertiary/aromatic N) is 3. The Morgan fingerprint density at radius 3 is 2.57 bits per heavy atom. The summed E-state index contributed by atoms with van der Waals surface area (Å²) in [7, 11) is 1.44. The van der Waals surface area contributed by atoms with E-state index in [0.717, 1.165) is 0 Å². The molecular weight excluding hydrogens is 289 g/mol. The highest BCUT2D eigenvalue weighted by Gasteiger charge is 2.36. The Hall–Kier alpha value is -2.10. The third-order valence-electron chi connectivity index (χ3n) is 2.54. The molecule has 4 N–H and O–H groups in total. The number of halogens is 3. The van der Waals surface area contributed by atoms with E-state index >= 15 is 0 Å². The summed E-state index contributed by atoms with van der Waals surface area (Å²) in [6.45, 7) is 2.10. The van der Waals surface area contributed by atoms with Gasteiger partial charge in [-0.1, -0.05) is 6.92 Å². The van der Waals surface area contributed by atoms with E-state index in [2.05, 4.69) is 20.7 Å². The highest BCUT2D eigenvalue weighted by Crippen LogP contribution is 2.29. The SMILES string of the molecule is CCCN(CC(=O)NC)c1cc(NN)nc(C(F)(F)F)n1. The molecule has 0 saturated heterocycles. The first-order valence-electron chi connectivity index (χ1n) is 6.20. The molecule has 0 aliphatic heterocycles. The molecule has 0 aliphatic rings. The lowest BCUT2D eigenvalue weighted by Gasteiger charge is -2.23. The van der Waals surface area contributed by atoms with Crippen LogP contribution in [0.4, 0.5) is 24.8 Å². The number of anilines is 2. The largest absolute Gasteiger partial charge is 0.451 e. The Bertz CT molecular complexity index is 493. The summed E-state index contributed by atoms with van der Waals surface area (Å²) >= 11 is 0. The maximum absolute atomic E-state index is 12.8. The molecule has 10 heteroatoms. The first-order valence-corrected chi connectivity index (χ1v) is 6.20. The smallest absolute Gasteiger partial charge is 0.358 e. The number of nitrogens with two attached hydrogens (primary N) is 1. The summed E-state index contributed by atoms with van der Waals surface area (Å²) in [4.78, 5) is 19.6. The standard InChI is InChI=1S/C11H17F3N6O/c1-3-4-20(6-9(21)16-2)8-5-7(19-15)17-10(18-8)11(12,13)14/h5H,3-4,6,15H2,1-2H3,(H,16,21)(H,17,18,19). The van der Waals surface area contributed by atoms with Gasteiger partial charge in [-0.25, -0.2) is 15.8 Å². The van der Waals surface area contributed by atoms with Crippen LogP contribution in [0, 0.1) is 0 Å². The van der Waals surface area contributed by atoms with Crippen molar-refractivity contribution in [2.24, 2.45) is 5.84 Å². The van der Waals surface area contributed by atoms with Crippen LogP contribution >= 0.6 is 0 Å². The second-order valence-electron chi connectivity index (χ2n) is 4.17. The minimum Gasteiger partial charge on any atom is -0.358 e. The summed E-state index contributed by atoms with van der Waals surface area (Å²) in [6.07, 6.45) is -4.07. The number of carbonyl (C=O) groups excluding carboxylic acids is 1. The summed E-state index contributed by atoms with van der Waals surface area (Å²) in [6, 6.07) is 1.26. The van der Waals surface area contributed by atoms with E-state index in [1.54, 1.807) is 0 Å². The van der Waals surface area contributed by atoms with Crippen molar-refractivity contribution < 1.29 is 18.0 Å². The van der Waals surface area contributed by atoms with Crippen molar-refractivity contribution in [2.45, 2.75) is 19.5 Å². The fraction of sp³-hybridized carbons (Fsp3) is 0.545. The summed E-state index contributed by atoms with van der Waals surface area (Å²) in [5.74, 6) is 3.28. The summed E-state index contributed by atoms with van der Waals surface area (Å²) in [5.41, 5.74) is 2.07. The normalized spacial score (nSPS) is 11.1. The fourth-order valence-electron chi connectivity index (χ4n) is 1.59. The molecule has 7 nitrogen and oxygen atoms in total. The average molecular weight is 306 g/mol. The topological polar surface area (TPSA) is 96.2 Å². The summed E-state index contributed by atoms with van der Waals surface area (Å²) < 4.78 is 38.3. The molecule has 21 heavy (non-hydrogen) atoms. The molecule has 0 unspecified atom stereocenters. The van der Waals surface area contributed by atoms with E-state index in [9.17, 15) is 18.0 Å². The van der Waals surface area contributed by atoms with Gasteiger partial charge in [-0.3, -0.25) is 4.79 Å². The van der Waals surface area contributed by atoms with Crippen molar-refractivity contribution in [1.82, 2.24) is 15.3 Å². The number of hydrogen-bond donors (Lipinski definition) is 3. The Labute approximate surface area is 119 Å². The lowest BCUT2D eigenvalue weighted by Crippen LogP contribution is -2.37. The number of hydrazine groups is 1. The van der Waals surface area contributed by atoms with Crippen LogP contribution in [0.3, 0.4) is 0 Å². The van der Waals surface area contributed by atoms with Gasteiger partial charge < -0.3 is 15.6 Å². The molecule has 1 aromatic heterocycles. The van der Waals surface area contributed by atoms with E-state index in [-0.39, 0.29) is 24.1 Å². The number of amides is 1. The van der Waals surface area contributed by atoms with Crippen molar-refractivity contribution in [3.8, 4) is 0 Å². The quantitative estimate of drug-likeness (QED) is 0.530. The second kappa shape index (κ2) is 7.07. The third kappa shape index (κ3) is 4.74. The van der Waals surface area contributed by atoms with Crippen molar-refractivity contribution >= 4 is 17.5 Å². The molecule has 0 atom stereocenters. The number of rotatable bonds is 6. The molecule has 1 amide bonds. The Kier molecular flexibility index (Phi) is 5.70. The molecule has 0 spiro atoms. The summed E-state index contributed by atoms with van der Waals surface area (Å²) in [5, 5.41) is 2.41. The molecular formula is C11H17F3N6O. The zero-order chi connectivity index (χ0) is 16.0. The van der Waals surface area contributed by atoms with Gasteiger partial charge >= 0.3 is 6.18 Å². The van der Waals surface area contributed by atoms with Crippen LogP contribution in [0.5, 0.6) is 0 Å². The Morgan fingerprint density at radius 2 is 2.10 bits per heavy atom. The van der Waals surface area contributed by atoms with Crippen molar-refractivity contribution in [2.75, 3.05) is 30.5 Å². The predicted molar refractivity (Wildman–Crippen MR) is 71.4 cm³/mol. The first kappa shape index (κ1) is 17.0. The molecule has 1 aromatic rings. The van der Waals surface area contributed by atoms with Crippen molar-refractivity contribution in [3.63, 3.8) is 0 Å². The lowest BCUT2D eigenvalue weighted by atomic mass is 10.3. The van der Waals surface area contributed by atoms with Gasteiger partial charge in [0.05, 0.1) is 6.54 Å². The number of alkyl halides is 3. The van der Waals surface area contributed by atoms with Gasteiger partial charge in [0.2, 0.25) is 11.7 Å². The van der Waals surface area contributed by atoms with Crippen molar-refractivity contribution in [1.29, 1.82) is 0 Å². The van der Waals surface area contributed by atoms with Crippen LogP contribution in [-0.4, -0.2) is 36.0 Å². The van der Waals surface area contributed by atoms with E-state index in [0.29, 0.717) is 13.0 Å². The molecule has 0 radical (unpaired) electrons. The third-order valence-corrected chi connectivity index (χ3v) is 2.54. The Morgan fingerprint density at radius 1 is 1.43 bits per heavy atom. The highest BCUT2D eigenvalue weighted by atomic mass is 19.4. The van der Waals surface area contributed by atoms with Gasteiger partial charge in [0.25, 0.3) is 0 Å². The zero-order valence-electron chi connectivity index (χ0n) is 11.7. The molecule has 1 rings (SSSR count). The van der Waals surface area contributed by atoms with Crippen LogP contribution in [0.1, 0.15) is 19.2 Å². The number of hydrogen-bond acceptors (Lipinski definition) is 6. The highest BCUT2D eigenvalue weighted by molar-refractivity contribution is 5.80. The second-order valence-corrected chi connectivity index (χ2v) is 4.17. The molecule has 0 bridgehead atoms. The van der Waals surface area contributed by atoms with Gasteiger partial charge in [0.1, 0.15) is 11.6 Å². The van der Waals surface area contributed by atoms with Crippen molar-refractivity contribution in [3.05, 3.63) is 11.9 Å². The predicted octanol–water partition coefficient (Wildman–Crippen LogP) is 0.743.